The number of nitrogens with zero attached hydrogens (tertiary/aromatic N) is 2. The molecule has 2 rings (SSSR count). The number of aromatic nitrogens is 2. The Labute approximate surface area is 118 Å². The van der Waals surface area contributed by atoms with Gasteiger partial charge in [0.1, 0.15) is 5.82 Å². The van der Waals surface area contributed by atoms with Crippen LogP contribution in [0.15, 0.2) is 30.5 Å². The highest BCUT2D eigenvalue weighted by atomic mass is 19.1. The summed E-state index contributed by atoms with van der Waals surface area (Å²) in [6.45, 7) is 2.89. The lowest BCUT2D eigenvalue weighted by atomic mass is 10.0. The number of methoxy groups -OCH3 is 1. The fourth-order valence-electron chi connectivity index (χ4n) is 2.35. The van der Waals surface area contributed by atoms with Crippen LogP contribution in [-0.4, -0.2) is 23.4 Å². The Bertz CT molecular complexity index is 551. The van der Waals surface area contributed by atoms with Crippen LogP contribution in [0.25, 0.3) is 0 Å². The monoisotopic (exact) mass is 277 g/mol. The largest absolute Gasteiger partial charge is 0.493 e. The molecule has 0 aliphatic heterocycles. The van der Waals surface area contributed by atoms with E-state index in [4.69, 9.17) is 4.74 Å². The van der Waals surface area contributed by atoms with Crippen molar-refractivity contribution in [3.8, 4) is 5.75 Å². The Morgan fingerprint density at radius 3 is 2.65 bits per heavy atom. The zero-order chi connectivity index (χ0) is 14.5. The number of halogens is 1. The van der Waals surface area contributed by atoms with Crippen molar-refractivity contribution in [3.05, 3.63) is 47.5 Å². The highest BCUT2D eigenvalue weighted by Crippen LogP contribution is 2.27. The molecule has 1 heterocycles. The second kappa shape index (κ2) is 6.52. The molecule has 0 amide bonds. The zero-order valence-corrected chi connectivity index (χ0v) is 12.1. The molecule has 0 aliphatic carbocycles. The molecule has 0 fully saturated rings. The normalized spacial score (nSPS) is 12.4. The topological polar surface area (TPSA) is 39.1 Å². The van der Waals surface area contributed by atoms with Crippen molar-refractivity contribution < 1.29 is 9.13 Å². The molecule has 0 spiro atoms. The number of aryl methyl sites for hydroxylation is 1. The molecule has 0 radical (unpaired) electrons. The Morgan fingerprint density at radius 1 is 1.35 bits per heavy atom. The minimum atomic E-state index is -0.216. The van der Waals surface area contributed by atoms with Gasteiger partial charge in [0.25, 0.3) is 0 Å². The van der Waals surface area contributed by atoms with Crippen LogP contribution < -0.4 is 10.1 Å². The number of ether oxygens (including phenoxy) is 1. The van der Waals surface area contributed by atoms with E-state index < -0.39 is 0 Å². The van der Waals surface area contributed by atoms with Gasteiger partial charge < -0.3 is 10.1 Å². The minimum Gasteiger partial charge on any atom is -0.493 e. The van der Waals surface area contributed by atoms with Crippen molar-refractivity contribution in [1.29, 1.82) is 0 Å². The molecule has 0 aliphatic rings. The van der Waals surface area contributed by atoms with Gasteiger partial charge in [-0.2, -0.15) is 5.10 Å². The molecule has 1 N–H and O–H groups in total. The van der Waals surface area contributed by atoms with Crippen LogP contribution in [0, 0.1) is 5.82 Å². The second-order valence-electron chi connectivity index (χ2n) is 4.66. The molecule has 108 valence electrons. The predicted molar refractivity (Wildman–Crippen MR) is 76.3 cm³/mol. The van der Waals surface area contributed by atoms with Gasteiger partial charge in [0.15, 0.2) is 5.75 Å². The smallest absolute Gasteiger partial charge is 0.161 e. The molecule has 4 nitrogen and oxygen atoms in total. The van der Waals surface area contributed by atoms with Crippen LogP contribution in [0.3, 0.4) is 0 Å². The first-order valence-corrected chi connectivity index (χ1v) is 6.69. The summed E-state index contributed by atoms with van der Waals surface area (Å²) in [7, 11) is 3.54. The standard InChI is InChI=1S/C15H20FN3O/c1-4-17-13(9-11-5-7-12(16)8-6-11)15-14(20-3)10-18-19(15)2/h5-8,10,13,17H,4,9H2,1-3H3. The average molecular weight is 277 g/mol. The predicted octanol–water partition coefficient (Wildman–Crippen LogP) is 2.46. The van der Waals surface area contributed by atoms with E-state index in [2.05, 4.69) is 17.3 Å². The van der Waals surface area contributed by atoms with Crippen molar-refractivity contribution in [2.75, 3.05) is 13.7 Å². The summed E-state index contributed by atoms with van der Waals surface area (Å²) in [4.78, 5) is 0. The first-order valence-electron chi connectivity index (χ1n) is 6.69. The van der Waals surface area contributed by atoms with Crippen LogP contribution >= 0.6 is 0 Å². The van der Waals surface area contributed by atoms with Crippen molar-refractivity contribution >= 4 is 0 Å². The Kier molecular flexibility index (Phi) is 4.74. The van der Waals surface area contributed by atoms with Gasteiger partial charge in [-0.05, 0) is 30.7 Å². The zero-order valence-electron chi connectivity index (χ0n) is 12.1. The first kappa shape index (κ1) is 14.5. The van der Waals surface area contributed by atoms with Crippen LogP contribution in [0.1, 0.15) is 24.2 Å². The summed E-state index contributed by atoms with van der Waals surface area (Å²) in [5, 5.41) is 7.67. The van der Waals surface area contributed by atoms with Gasteiger partial charge >= 0.3 is 0 Å². The molecule has 0 bridgehead atoms. The maximum Gasteiger partial charge on any atom is 0.161 e. The van der Waals surface area contributed by atoms with Gasteiger partial charge in [-0.1, -0.05) is 19.1 Å². The Hall–Kier alpha value is -1.88. The Morgan fingerprint density at radius 2 is 2.05 bits per heavy atom. The third-order valence-corrected chi connectivity index (χ3v) is 3.30. The average Bonchev–Trinajstić information content (AvgIpc) is 2.82. The second-order valence-corrected chi connectivity index (χ2v) is 4.66. The van der Waals surface area contributed by atoms with Crippen LogP contribution in [0.5, 0.6) is 5.75 Å². The van der Waals surface area contributed by atoms with Gasteiger partial charge in [0.2, 0.25) is 0 Å². The molecule has 2 aromatic rings. The number of benzene rings is 1. The van der Waals surface area contributed by atoms with E-state index in [-0.39, 0.29) is 11.9 Å². The highest BCUT2D eigenvalue weighted by molar-refractivity contribution is 5.30. The lowest BCUT2D eigenvalue weighted by Crippen LogP contribution is -2.25. The van der Waals surface area contributed by atoms with E-state index in [1.54, 1.807) is 13.3 Å². The maximum atomic E-state index is 13.0. The van der Waals surface area contributed by atoms with Gasteiger partial charge in [-0.3, -0.25) is 4.68 Å². The van der Waals surface area contributed by atoms with E-state index in [1.165, 1.54) is 12.1 Å². The number of nitrogens with one attached hydrogen (secondary N) is 1. The molecule has 5 heteroatoms. The SMILES string of the molecule is CCNC(Cc1ccc(F)cc1)c1c(OC)cnn1C. The number of hydrogen-bond acceptors (Lipinski definition) is 3. The molecular weight excluding hydrogens is 257 g/mol. The van der Waals surface area contributed by atoms with Crippen molar-refractivity contribution in [3.63, 3.8) is 0 Å². The van der Waals surface area contributed by atoms with Crippen LogP contribution in [-0.2, 0) is 13.5 Å². The van der Waals surface area contributed by atoms with Gasteiger partial charge in [0.05, 0.1) is 25.0 Å². The molecule has 1 unspecified atom stereocenters. The van der Waals surface area contributed by atoms with E-state index in [0.717, 1.165) is 30.0 Å². The number of likely N-dealkylation sites (N-methyl/N-ethyl adjacent to an activating group) is 1. The van der Waals surface area contributed by atoms with E-state index in [0.29, 0.717) is 0 Å². The Balaban J connectivity index is 2.26. The summed E-state index contributed by atoms with van der Waals surface area (Å²) >= 11 is 0. The molecular formula is C15H20FN3O. The summed E-state index contributed by atoms with van der Waals surface area (Å²) < 4.78 is 20.2. The quantitative estimate of drug-likeness (QED) is 0.881. The van der Waals surface area contributed by atoms with Gasteiger partial charge in [-0.15, -0.1) is 0 Å². The molecule has 1 atom stereocenters. The highest BCUT2D eigenvalue weighted by Gasteiger charge is 2.20. The summed E-state index contributed by atoms with van der Waals surface area (Å²) in [6, 6.07) is 6.66. The third-order valence-electron chi connectivity index (χ3n) is 3.30. The van der Waals surface area contributed by atoms with Crippen LogP contribution in [0.2, 0.25) is 0 Å². The lowest BCUT2D eigenvalue weighted by Gasteiger charge is -2.19. The van der Waals surface area contributed by atoms with Crippen molar-refractivity contribution in [2.45, 2.75) is 19.4 Å². The molecule has 0 saturated carbocycles. The van der Waals surface area contributed by atoms with E-state index in [9.17, 15) is 4.39 Å². The number of rotatable bonds is 6. The molecule has 20 heavy (non-hydrogen) atoms. The van der Waals surface area contributed by atoms with Gasteiger partial charge in [-0.25, -0.2) is 4.39 Å². The molecule has 1 aromatic carbocycles. The summed E-state index contributed by atoms with van der Waals surface area (Å²) in [5.74, 6) is 0.549. The molecule has 1 aromatic heterocycles. The van der Waals surface area contributed by atoms with Gasteiger partial charge in [0, 0.05) is 7.05 Å². The lowest BCUT2D eigenvalue weighted by molar-refractivity contribution is 0.394. The summed E-state index contributed by atoms with van der Waals surface area (Å²) in [5.41, 5.74) is 2.07. The fraction of sp³-hybridized carbons (Fsp3) is 0.400. The fourth-order valence-corrected chi connectivity index (χ4v) is 2.35. The molecule has 0 saturated heterocycles. The van der Waals surface area contributed by atoms with Crippen molar-refractivity contribution in [2.24, 2.45) is 7.05 Å². The number of hydrogen-bond donors (Lipinski definition) is 1. The van der Waals surface area contributed by atoms with E-state index in [1.807, 2.05) is 23.9 Å². The van der Waals surface area contributed by atoms with Crippen LogP contribution in [0.4, 0.5) is 4.39 Å². The minimum absolute atomic E-state index is 0.0768. The maximum absolute atomic E-state index is 13.0. The summed E-state index contributed by atoms with van der Waals surface area (Å²) in [6.07, 6.45) is 2.47. The first-order chi connectivity index (χ1) is 9.65. The van der Waals surface area contributed by atoms with E-state index >= 15 is 0 Å². The third kappa shape index (κ3) is 3.17. The van der Waals surface area contributed by atoms with Crippen molar-refractivity contribution in [1.82, 2.24) is 15.1 Å².